The third-order valence-corrected chi connectivity index (χ3v) is 1.73. The van der Waals surface area contributed by atoms with Gasteiger partial charge in [-0.25, -0.2) is 0 Å². The van der Waals surface area contributed by atoms with Crippen LogP contribution in [0.3, 0.4) is 0 Å². The zero-order valence-corrected chi connectivity index (χ0v) is 6.80. The number of rotatable bonds is 1. The van der Waals surface area contributed by atoms with Gasteiger partial charge in [0.05, 0.1) is 22.3 Å². The van der Waals surface area contributed by atoms with Gasteiger partial charge in [0.2, 0.25) is 0 Å². The Morgan fingerprint density at radius 3 is 2.75 bits per heavy atom. The zero-order chi connectivity index (χ0) is 9.14. The summed E-state index contributed by atoms with van der Waals surface area (Å²) in [6.07, 6.45) is 0.571. The topological polar surface area (TPSA) is 66.9 Å². The summed E-state index contributed by atoms with van der Waals surface area (Å²) >= 11 is 5.64. The molecule has 0 radical (unpaired) electrons. The van der Waals surface area contributed by atoms with Crippen molar-refractivity contribution in [3.8, 4) is 6.07 Å². The van der Waals surface area contributed by atoms with Crippen LogP contribution in [0.2, 0.25) is 5.02 Å². The molecule has 0 aliphatic heterocycles. The average molecular weight is 181 g/mol. The highest BCUT2D eigenvalue weighted by molar-refractivity contribution is 6.33. The van der Waals surface area contributed by atoms with Crippen LogP contribution in [0.15, 0.2) is 12.1 Å². The molecule has 1 rings (SSSR count). The molecular weight excluding hydrogens is 176 g/mol. The number of benzene rings is 1. The number of anilines is 1. The van der Waals surface area contributed by atoms with Crippen LogP contribution in [-0.4, -0.2) is 6.29 Å². The van der Waals surface area contributed by atoms with Crippen LogP contribution >= 0.6 is 11.6 Å². The molecule has 0 bridgehead atoms. The molecule has 0 aromatic heterocycles. The highest BCUT2D eigenvalue weighted by Crippen LogP contribution is 2.23. The maximum absolute atomic E-state index is 10.4. The monoisotopic (exact) mass is 180 g/mol. The van der Waals surface area contributed by atoms with Crippen molar-refractivity contribution in [3.63, 3.8) is 0 Å². The Hall–Kier alpha value is -1.53. The maximum atomic E-state index is 10.4. The van der Waals surface area contributed by atoms with Crippen LogP contribution in [0.25, 0.3) is 0 Å². The van der Waals surface area contributed by atoms with E-state index in [-0.39, 0.29) is 16.3 Å². The van der Waals surface area contributed by atoms with E-state index in [0.717, 1.165) is 0 Å². The van der Waals surface area contributed by atoms with Crippen molar-refractivity contribution in [2.45, 2.75) is 0 Å². The molecule has 3 nitrogen and oxygen atoms in total. The van der Waals surface area contributed by atoms with Gasteiger partial charge in [-0.05, 0) is 12.1 Å². The molecule has 1 aromatic rings. The zero-order valence-electron chi connectivity index (χ0n) is 6.04. The van der Waals surface area contributed by atoms with Crippen LogP contribution in [0.5, 0.6) is 0 Å². The fourth-order valence-electron chi connectivity index (χ4n) is 0.801. The normalized spacial score (nSPS) is 9.00. The SMILES string of the molecule is N#Cc1cc(Cl)c(N)c(C=O)c1. The number of hydrogen-bond acceptors (Lipinski definition) is 3. The largest absolute Gasteiger partial charge is 0.397 e. The number of halogens is 1. The summed E-state index contributed by atoms with van der Waals surface area (Å²) in [4.78, 5) is 10.4. The number of nitriles is 1. The van der Waals surface area contributed by atoms with Gasteiger partial charge in [-0.3, -0.25) is 4.79 Å². The number of nitrogens with two attached hydrogens (primary N) is 1. The molecule has 0 saturated heterocycles. The third kappa shape index (κ3) is 1.39. The van der Waals surface area contributed by atoms with E-state index < -0.39 is 0 Å². The Kier molecular flexibility index (Phi) is 2.32. The average Bonchev–Trinajstić information content (AvgIpc) is 2.09. The number of carbonyl (C=O) groups excluding carboxylic acids is 1. The van der Waals surface area contributed by atoms with Crippen LogP contribution in [0, 0.1) is 11.3 Å². The molecule has 0 spiro atoms. The van der Waals surface area contributed by atoms with Gasteiger partial charge in [-0.1, -0.05) is 11.6 Å². The molecule has 0 amide bonds. The van der Waals surface area contributed by atoms with E-state index >= 15 is 0 Å². The van der Waals surface area contributed by atoms with Gasteiger partial charge in [-0.15, -0.1) is 0 Å². The van der Waals surface area contributed by atoms with E-state index in [1.54, 1.807) is 0 Å². The second kappa shape index (κ2) is 3.24. The number of nitrogen functional groups attached to an aromatic ring is 1. The standard InChI is InChI=1S/C8H5ClN2O/c9-7-2-5(3-10)1-6(4-12)8(7)11/h1-2,4H,11H2. The second-order valence-electron chi connectivity index (χ2n) is 2.19. The van der Waals surface area contributed by atoms with Crippen molar-refractivity contribution in [3.05, 3.63) is 28.3 Å². The molecular formula is C8H5ClN2O. The first-order valence-electron chi connectivity index (χ1n) is 3.13. The minimum Gasteiger partial charge on any atom is -0.397 e. The van der Waals surface area contributed by atoms with Gasteiger partial charge in [0.25, 0.3) is 0 Å². The van der Waals surface area contributed by atoms with E-state index in [1.807, 2.05) is 6.07 Å². The van der Waals surface area contributed by atoms with Gasteiger partial charge < -0.3 is 5.73 Å². The Labute approximate surface area is 74.4 Å². The van der Waals surface area contributed by atoms with Crippen LogP contribution in [-0.2, 0) is 0 Å². The number of carbonyl (C=O) groups is 1. The first kappa shape index (κ1) is 8.57. The molecule has 1 aromatic carbocycles. The summed E-state index contributed by atoms with van der Waals surface area (Å²) in [5, 5.41) is 8.74. The summed E-state index contributed by atoms with van der Waals surface area (Å²) in [5.74, 6) is 0. The van der Waals surface area contributed by atoms with Crippen molar-refractivity contribution >= 4 is 23.6 Å². The fraction of sp³-hybridized carbons (Fsp3) is 0. The van der Waals surface area contributed by atoms with Gasteiger partial charge in [0.15, 0.2) is 6.29 Å². The van der Waals surface area contributed by atoms with Gasteiger partial charge in [0, 0.05) is 5.56 Å². The van der Waals surface area contributed by atoms with Crippen molar-refractivity contribution < 1.29 is 4.79 Å². The highest BCUT2D eigenvalue weighted by atomic mass is 35.5. The Morgan fingerprint density at radius 2 is 2.25 bits per heavy atom. The smallest absolute Gasteiger partial charge is 0.152 e. The summed E-state index contributed by atoms with van der Waals surface area (Å²) in [6.45, 7) is 0. The molecule has 4 heteroatoms. The van der Waals surface area contributed by atoms with E-state index in [9.17, 15) is 4.79 Å². The summed E-state index contributed by atoms with van der Waals surface area (Å²) in [6, 6.07) is 4.69. The van der Waals surface area contributed by atoms with E-state index in [4.69, 9.17) is 22.6 Å². The Bertz CT molecular complexity index is 368. The molecule has 0 aliphatic carbocycles. The molecule has 0 heterocycles. The second-order valence-corrected chi connectivity index (χ2v) is 2.60. The molecule has 60 valence electrons. The number of aldehydes is 1. The molecule has 0 atom stereocenters. The van der Waals surface area contributed by atoms with Gasteiger partial charge in [-0.2, -0.15) is 5.26 Å². The van der Waals surface area contributed by atoms with Crippen LogP contribution in [0.1, 0.15) is 15.9 Å². The van der Waals surface area contributed by atoms with E-state index in [1.165, 1.54) is 12.1 Å². The highest BCUT2D eigenvalue weighted by Gasteiger charge is 2.04. The molecule has 0 unspecified atom stereocenters. The third-order valence-electron chi connectivity index (χ3n) is 1.42. The van der Waals surface area contributed by atoms with Crippen molar-refractivity contribution in [2.24, 2.45) is 0 Å². The van der Waals surface area contributed by atoms with Crippen molar-refractivity contribution in [2.75, 3.05) is 5.73 Å². The lowest BCUT2D eigenvalue weighted by molar-refractivity contribution is 0.112. The Morgan fingerprint density at radius 1 is 1.58 bits per heavy atom. The lowest BCUT2D eigenvalue weighted by Crippen LogP contribution is -1.94. The van der Waals surface area contributed by atoms with Gasteiger partial charge >= 0.3 is 0 Å². The first-order chi connectivity index (χ1) is 5.69. The molecule has 2 N–H and O–H groups in total. The van der Waals surface area contributed by atoms with E-state index in [0.29, 0.717) is 11.8 Å². The van der Waals surface area contributed by atoms with Crippen LogP contribution < -0.4 is 5.73 Å². The molecule has 0 saturated carbocycles. The lowest BCUT2D eigenvalue weighted by Gasteiger charge is -2.00. The quantitative estimate of drug-likeness (QED) is 0.527. The summed E-state index contributed by atoms with van der Waals surface area (Å²) < 4.78 is 0. The molecule has 0 fully saturated rings. The Balaban J connectivity index is 3.41. The van der Waals surface area contributed by atoms with Crippen molar-refractivity contribution in [1.82, 2.24) is 0 Å². The molecule has 12 heavy (non-hydrogen) atoms. The lowest BCUT2D eigenvalue weighted by atomic mass is 10.1. The maximum Gasteiger partial charge on any atom is 0.152 e. The van der Waals surface area contributed by atoms with E-state index in [2.05, 4.69) is 0 Å². The van der Waals surface area contributed by atoms with Crippen molar-refractivity contribution in [1.29, 1.82) is 5.26 Å². The number of hydrogen-bond donors (Lipinski definition) is 1. The first-order valence-corrected chi connectivity index (χ1v) is 3.51. The summed E-state index contributed by atoms with van der Waals surface area (Å²) in [5.41, 5.74) is 6.24. The van der Waals surface area contributed by atoms with Gasteiger partial charge in [0.1, 0.15) is 0 Å². The molecule has 0 aliphatic rings. The predicted molar refractivity (Wildman–Crippen MR) is 46.0 cm³/mol. The predicted octanol–water partition coefficient (Wildman–Crippen LogP) is 1.61. The minimum absolute atomic E-state index is 0.214. The summed E-state index contributed by atoms with van der Waals surface area (Å²) in [7, 11) is 0. The fourth-order valence-corrected chi connectivity index (χ4v) is 1.03. The van der Waals surface area contributed by atoms with Crippen LogP contribution in [0.4, 0.5) is 5.69 Å². The number of nitrogens with zero attached hydrogens (tertiary/aromatic N) is 1. The minimum atomic E-state index is 0.214.